The average Bonchev–Trinajstić information content (AvgIpc) is 2.01. The normalized spacial score (nSPS) is 9.58. The number of rotatable bonds is 7. The highest BCUT2D eigenvalue weighted by Gasteiger charge is 2.04. The van der Waals surface area contributed by atoms with Crippen LogP contribution in [0.1, 0.15) is 52.4 Å². The summed E-state index contributed by atoms with van der Waals surface area (Å²) in [6, 6.07) is 0. The van der Waals surface area contributed by atoms with Crippen LogP contribution in [0.25, 0.3) is 0 Å². The van der Waals surface area contributed by atoms with Crippen LogP contribution in [0, 0.1) is 5.92 Å². The Labute approximate surface area is 92.5 Å². The van der Waals surface area contributed by atoms with Crippen LogP contribution in [0.3, 0.4) is 0 Å². The summed E-state index contributed by atoms with van der Waals surface area (Å²) in [6.45, 7) is 4.42. The maximum atomic E-state index is 10.1. The molecule has 1 nitrogen and oxygen atoms in total. The Morgan fingerprint density at radius 2 is 1.58 bits per heavy atom. The van der Waals surface area contributed by atoms with Crippen LogP contribution in [-0.4, -0.2) is 29.3 Å². The molecule has 0 aromatic heterocycles. The third kappa shape index (κ3) is 8.53. The van der Waals surface area contributed by atoms with Crippen LogP contribution in [0.2, 0.25) is 0 Å². The number of aldehydes is 1. The van der Waals surface area contributed by atoms with E-state index in [0.717, 1.165) is 25.0 Å². The van der Waals surface area contributed by atoms with Gasteiger partial charge in [-0.1, -0.05) is 39.5 Å². The van der Waals surface area contributed by atoms with E-state index in [4.69, 9.17) is 0 Å². The zero-order chi connectivity index (χ0) is 8.53. The third-order valence-electron chi connectivity index (χ3n) is 2.09. The van der Waals surface area contributed by atoms with Crippen molar-refractivity contribution in [2.75, 3.05) is 0 Å². The standard InChI is InChI=1S/C10H20O.Mg.2H/c1-3-6-10(7-4-2)8-5-9-11;;;/h9-10H,3-8H2,1-2H3;;;. The van der Waals surface area contributed by atoms with E-state index in [1.165, 1.54) is 25.7 Å². The second-order valence-electron chi connectivity index (χ2n) is 3.19. The minimum Gasteiger partial charge on any atom is -0.303 e. The minimum atomic E-state index is 0. The lowest BCUT2D eigenvalue weighted by molar-refractivity contribution is -0.108. The Bertz CT molecular complexity index is 87.8. The molecule has 0 amide bonds. The first-order valence-corrected chi connectivity index (χ1v) is 4.78. The Hall–Kier alpha value is 0.436. The topological polar surface area (TPSA) is 17.1 Å². The second-order valence-corrected chi connectivity index (χ2v) is 3.19. The van der Waals surface area contributed by atoms with E-state index in [-0.39, 0.29) is 23.1 Å². The fraction of sp³-hybridized carbons (Fsp3) is 0.900. The average molecular weight is 183 g/mol. The summed E-state index contributed by atoms with van der Waals surface area (Å²) in [7, 11) is 0. The van der Waals surface area contributed by atoms with Gasteiger partial charge in [0.1, 0.15) is 6.29 Å². The van der Waals surface area contributed by atoms with Crippen molar-refractivity contribution >= 4 is 29.3 Å². The molecule has 0 aromatic carbocycles. The first-order valence-electron chi connectivity index (χ1n) is 4.78. The first-order chi connectivity index (χ1) is 5.35. The zero-order valence-corrected chi connectivity index (χ0v) is 7.81. The van der Waals surface area contributed by atoms with Gasteiger partial charge in [0.05, 0.1) is 0 Å². The molecule has 0 aliphatic carbocycles. The van der Waals surface area contributed by atoms with Crippen molar-refractivity contribution in [1.82, 2.24) is 0 Å². The number of carbonyl (C=O) groups excluding carboxylic acids is 1. The fourth-order valence-electron chi connectivity index (χ4n) is 1.55. The Balaban J connectivity index is 0. The third-order valence-corrected chi connectivity index (χ3v) is 2.09. The van der Waals surface area contributed by atoms with Gasteiger partial charge in [0.2, 0.25) is 0 Å². The Morgan fingerprint density at radius 3 is 1.92 bits per heavy atom. The van der Waals surface area contributed by atoms with E-state index < -0.39 is 0 Å². The van der Waals surface area contributed by atoms with Gasteiger partial charge in [-0.15, -0.1) is 0 Å². The molecule has 0 fully saturated rings. The molecule has 0 heterocycles. The van der Waals surface area contributed by atoms with E-state index in [2.05, 4.69) is 13.8 Å². The molecular weight excluding hydrogens is 160 g/mol. The van der Waals surface area contributed by atoms with Gasteiger partial charge in [0.15, 0.2) is 0 Å². The van der Waals surface area contributed by atoms with Crippen LogP contribution in [0.15, 0.2) is 0 Å². The van der Waals surface area contributed by atoms with Gasteiger partial charge in [0.25, 0.3) is 0 Å². The highest BCUT2D eigenvalue weighted by atomic mass is 24.3. The molecule has 12 heavy (non-hydrogen) atoms. The van der Waals surface area contributed by atoms with E-state index in [1.54, 1.807) is 0 Å². The van der Waals surface area contributed by atoms with Gasteiger partial charge in [-0.2, -0.15) is 0 Å². The summed E-state index contributed by atoms with van der Waals surface area (Å²) in [5.41, 5.74) is 0. The molecule has 0 aliphatic rings. The predicted octanol–water partition coefficient (Wildman–Crippen LogP) is 2.27. The predicted molar refractivity (Wildman–Crippen MR) is 57.1 cm³/mol. The lowest BCUT2D eigenvalue weighted by atomic mass is 9.94. The number of carbonyl (C=O) groups is 1. The van der Waals surface area contributed by atoms with Gasteiger partial charge in [-0.3, -0.25) is 0 Å². The van der Waals surface area contributed by atoms with Crippen LogP contribution in [0.4, 0.5) is 0 Å². The summed E-state index contributed by atoms with van der Waals surface area (Å²) < 4.78 is 0. The van der Waals surface area contributed by atoms with Crippen molar-refractivity contribution in [3.05, 3.63) is 0 Å². The lowest BCUT2D eigenvalue weighted by Gasteiger charge is -2.12. The molecule has 0 saturated carbocycles. The molecule has 0 atom stereocenters. The minimum absolute atomic E-state index is 0. The highest BCUT2D eigenvalue weighted by Crippen LogP contribution is 2.18. The van der Waals surface area contributed by atoms with E-state index in [9.17, 15) is 4.79 Å². The van der Waals surface area contributed by atoms with Gasteiger partial charge >= 0.3 is 23.1 Å². The van der Waals surface area contributed by atoms with E-state index in [0.29, 0.717) is 0 Å². The highest BCUT2D eigenvalue weighted by molar-refractivity contribution is 5.75. The largest absolute Gasteiger partial charge is 0.316 e. The monoisotopic (exact) mass is 182 g/mol. The fourth-order valence-corrected chi connectivity index (χ4v) is 1.55. The van der Waals surface area contributed by atoms with Gasteiger partial charge in [0, 0.05) is 6.42 Å². The van der Waals surface area contributed by atoms with E-state index >= 15 is 0 Å². The maximum absolute atomic E-state index is 10.1. The molecule has 0 aliphatic heterocycles. The maximum Gasteiger partial charge on any atom is 0.316 e. The first kappa shape index (κ1) is 14.9. The van der Waals surface area contributed by atoms with Crippen molar-refractivity contribution in [2.24, 2.45) is 5.92 Å². The smallest absolute Gasteiger partial charge is 0.303 e. The summed E-state index contributed by atoms with van der Waals surface area (Å²) >= 11 is 0. The molecule has 2 heteroatoms. The molecule has 0 spiro atoms. The van der Waals surface area contributed by atoms with Gasteiger partial charge < -0.3 is 4.79 Å². The Kier molecular flexibility index (Phi) is 14.2. The SMILES string of the molecule is CCCC(CCC)CCC=O.[MgH2]. The van der Waals surface area contributed by atoms with Gasteiger partial charge in [-0.25, -0.2) is 0 Å². The van der Waals surface area contributed by atoms with Crippen LogP contribution in [-0.2, 0) is 4.79 Å². The Morgan fingerprint density at radius 1 is 1.08 bits per heavy atom. The van der Waals surface area contributed by atoms with Crippen molar-refractivity contribution in [2.45, 2.75) is 52.4 Å². The van der Waals surface area contributed by atoms with Crippen molar-refractivity contribution in [1.29, 1.82) is 0 Å². The van der Waals surface area contributed by atoms with Crippen molar-refractivity contribution in [3.63, 3.8) is 0 Å². The van der Waals surface area contributed by atoms with Gasteiger partial charge in [-0.05, 0) is 12.3 Å². The number of hydrogen-bond acceptors (Lipinski definition) is 1. The molecule has 0 radical (unpaired) electrons. The van der Waals surface area contributed by atoms with Crippen LogP contribution in [0.5, 0.6) is 0 Å². The summed E-state index contributed by atoms with van der Waals surface area (Å²) in [5, 5.41) is 0. The number of hydrogen-bond donors (Lipinski definition) is 0. The van der Waals surface area contributed by atoms with Crippen molar-refractivity contribution in [3.8, 4) is 0 Å². The van der Waals surface area contributed by atoms with Crippen LogP contribution >= 0.6 is 0 Å². The quantitative estimate of drug-likeness (QED) is 0.436. The molecule has 70 valence electrons. The zero-order valence-electron chi connectivity index (χ0n) is 7.81. The van der Waals surface area contributed by atoms with E-state index in [1.807, 2.05) is 0 Å². The molecular formula is C10H22MgO. The lowest BCUT2D eigenvalue weighted by Crippen LogP contribution is -1.99. The van der Waals surface area contributed by atoms with Crippen LogP contribution < -0.4 is 0 Å². The molecule has 0 saturated heterocycles. The van der Waals surface area contributed by atoms with Crippen molar-refractivity contribution < 1.29 is 4.79 Å². The molecule has 0 unspecified atom stereocenters. The molecule has 0 rings (SSSR count). The molecule has 0 N–H and O–H groups in total. The second kappa shape index (κ2) is 11.4. The summed E-state index contributed by atoms with van der Waals surface area (Å²) in [4.78, 5) is 10.1. The summed E-state index contributed by atoms with van der Waals surface area (Å²) in [5.74, 6) is 0.801. The molecule has 0 aromatic rings. The molecule has 0 bridgehead atoms. The summed E-state index contributed by atoms with van der Waals surface area (Å²) in [6.07, 6.45) is 7.99.